The number of carbonyl (C=O) groups excluding carboxylic acids is 1. The summed E-state index contributed by atoms with van der Waals surface area (Å²) in [5.41, 5.74) is 18.2. The molecule has 0 bridgehead atoms. The molecule has 35 heavy (non-hydrogen) atoms. The van der Waals surface area contributed by atoms with Crippen LogP contribution in [-0.2, 0) is 4.74 Å². The number of aliphatic imine (C=N–C) groups is 1. The number of hydrogen-bond acceptors (Lipinski definition) is 7. The predicted molar refractivity (Wildman–Crippen MR) is 135 cm³/mol. The molecule has 0 aliphatic heterocycles. The average Bonchev–Trinajstić information content (AvgIpc) is 3.35. The minimum Gasteiger partial charge on any atom is -0.462 e. The van der Waals surface area contributed by atoms with Gasteiger partial charge in [-0.05, 0) is 61.9 Å². The number of carbonyl (C=O) groups is 1. The van der Waals surface area contributed by atoms with E-state index in [2.05, 4.69) is 15.1 Å². The Morgan fingerprint density at radius 1 is 1.11 bits per heavy atom. The fourth-order valence-electron chi connectivity index (χ4n) is 3.68. The van der Waals surface area contributed by atoms with Crippen LogP contribution in [0, 0.1) is 5.82 Å². The van der Waals surface area contributed by atoms with Crippen molar-refractivity contribution in [1.29, 1.82) is 0 Å². The third-order valence-corrected chi connectivity index (χ3v) is 5.58. The first kappa shape index (κ1) is 23.6. The number of pyridine rings is 1. The highest BCUT2D eigenvalue weighted by molar-refractivity contribution is 6.04. The van der Waals surface area contributed by atoms with Crippen molar-refractivity contribution in [3.63, 3.8) is 0 Å². The second-order valence-electron chi connectivity index (χ2n) is 7.80. The Bertz CT molecular complexity index is 1430. The maximum absolute atomic E-state index is 13.6. The molecule has 4 aromatic rings. The normalized spacial score (nSPS) is 11.5. The van der Waals surface area contributed by atoms with Crippen LogP contribution in [0.15, 0.2) is 65.9 Å². The lowest BCUT2D eigenvalue weighted by Crippen LogP contribution is -2.06. The van der Waals surface area contributed by atoms with Crippen molar-refractivity contribution < 1.29 is 13.9 Å². The van der Waals surface area contributed by atoms with E-state index in [0.717, 1.165) is 22.4 Å². The fourth-order valence-corrected chi connectivity index (χ4v) is 3.68. The predicted octanol–water partition coefficient (Wildman–Crippen LogP) is 4.52. The minimum absolute atomic E-state index is 0.188. The van der Waals surface area contributed by atoms with Crippen LogP contribution in [0.1, 0.15) is 29.8 Å². The number of esters is 1. The van der Waals surface area contributed by atoms with Crippen molar-refractivity contribution in [3.8, 4) is 28.1 Å². The number of nitrogen functional groups attached to an aromatic ring is 2. The van der Waals surface area contributed by atoms with Crippen molar-refractivity contribution >= 4 is 23.2 Å². The summed E-state index contributed by atoms with van der Waals surface area (Å²) in [5.74, 6) is -0.646. The molecule has 0 aliphatic carbocycles. The summed E-state index contributed by atoms with van der Waals surface area (Å²) < 4.78 is 20.1. The van der Waals surface area contributed by atoms with Gasteiger partial charge < -0.3 is 16.2 Å². The number of nitrogens with two attached hydrogens (primary N) is 2. The van der Waals surface area contributed by atoms with Crippen LogP contribution < -0.4 is 11.5 Å². The summed E-state index contributed by atoms with van der Waals surface area (Å²) in [6.07, 6.45) is 2.95. The van der Waals surface area contributed by atoms with E-state index < -0.39 is 5.97 Å². The fraction of sp³-hybridized carbons (Fsp3) is 0.154. The maximum atomic E-state index is 13.6. The molecule has 2 heterocycles. The molecule has 178 valence electrons. The molecule has 2 aromatic carbocycles. The minimum atomic E-state index is -0.481. The molecule has 0 fully saturated rings. The Morgan fingerprint density at radius 3 is 2.51 bits per heavy atom. The summed E-state index contributed by atoms with van der Waals surface area (Å²) in [5, 5.41) is 4.28. The highest BCUT2D eigenvalue weighted by Gasteiger charge is 2.18. The monoisotopic (exact) mass is 472 g/mol. The molecule has 0 aliphatic rings. The van der Waals surface area contributed by atoms with E-state index >= 15 is 0 Å². The highest BCUT2D eigenvalue weighted by atomic mass is 19.1. The number of ether oxygens (including phenoxy) is 1. The Hall–Kier alpha value is -4.53. The molecule has 8 nitrogen and oxygen atoms in total. The van der Waals surface area contributed by atoms with Gasteiger partial charge in [0.05, 0.1) is 24.1 Å². The summed E-state index contributed by atoms with van der Waals surface area (Å²) in [4.78, 5) is 21.0. The van der Waals surface area contributed by atoms with Crippen molar-refractivity contribution in [2.45, 2.75) is 13.8 Å². The van der Waals surface area contributed by atoms with Crippen LogP contribution in [0.3, 0.4) is 0 Å². The van der Waals surface area contributed by atoms with Crippen LogP contribution in [0.25, 0.3) is 28.1 Å². The third-order valence-electron chi connectivity index (χ3n) is 5.58. The molecule has 4 rings (SSSR count). The van der Waals surface area contributed by atoms with Crippen molar-refractivity contribution in [3.05, 3.63) is 77.9 Å². The van der Waals surface area contributed by atoms with Crippen LogP contribution in [0.5, 0.6) is 0 Å². The van der Waals surface area contributed by atoms with Gasteiger partial charge >= 0.3 is 5.97 Å². The average molecular weight is 473 g/mol. The molecule has 2 aromatic heterocycles. The number of benzene rings is 2. The molecule has 9 heteroatoms. The molecule has 0 spiro atoms. The summed E-state index contributed by atoms with van der Waals surface area (Å²) in [7, 11) is 1.70. The summed E-state index contributed by atoms with van der Waals surface area (Å²) >= 11 is 0. The van der Waals surface area contributed by atoms with Crippen LogP contribution in [-0.4, -0.2) is 40.1 Å². The van der Waals surface area contributed by atoms with Crippen LogP contribution in [0.4, 0.5) is 15.9 Å². The number of nitrogens with zero attached hydrogens (tertiary/aromatic N) is 4. The standard InChI is InChI=1S/C26H25FN6O2/c1-4-35-26(34)18-13-31-33(14-18)23-12-21(17-7-10-22(28)20(11-17)15(2)30-3)24(32-25(23)29)16-5-8-19(27)9-6-16/h5-14H,4,28H2,1-3H3,(H2,29,32)/b30-15-. The molecule has 0 radical (unpaired) electrons. The van der Waals surface area contributed by atoms with E-state index in [9.17, 15) is 9.18 Å². The Balaban J connectivity index is 1.93. The molecular formula is C26H25FN6O2. The molecule has 4 N–H and O–H groups in total. The van der Waals surface area contributed by atoms with Gasteiger partial charge in [-0.15, -0.1) is 0 Å². The molecule has 0 unspecified atom stereocenters. The zero-order chi connectivity index (χ0) is 25.1. The van der Waals surface area contributed by atoms with Gasteiger partial charge in [0, 0.05) is 41.3 Å². The van der Waals surface area contributed by atoms with Crippen molar-refractivity contribution in [1.82, 2.24) is 14.8 Å². The van der Waals surface area contributed by atoms with E-state index in [-0.39, 0.29) is 18.2 Å². The number of rotatable bonds is 6. The number of anilines is 2. The molecule has 0 atom stereocenters. The quantitative estimate of drug-likeness (QED) is 0.242. The lowest BCUT2D eigenvalue weighted by Gasteiger charge is -2.16. The van der Waals surface area contributed by atoms with Gasteiger partial charge in [0.2, 0.25) is 0 Å². The summed E-state index contributed by atoms with van der Waals surface area (Å²) in [6, 6.07) is 13.5. The van der Waals surface area contributed by atoms with Gasteiger partial charge in [-0.3, -0.25) is 4.99 Å². The highest BCUT2D eigenvalue weighted by Crippen LogP contribution is 2.36. The van der Waals surface area contributed by atoms with Gasteiger partial charge in [-0.2, -0.15) is 5.10 Å². The number of halogens is 1. The number of aromatic nitrogens is 3. The van der Waals surface area contributed by atoms with E-state index in [1.165, 1.54) is 29.2 Å². The van der Waals surface area contributed by atoms with E-state index in [4.69, 9.17) is 16.2 Å². The van der Waals surface area contributed by atoms with Gasteiger partial charge in [0.1, 0.15) is 17.3 Å². The zero-order valence-electron chi connectivity index (χ0n) is 19.6. The zero-order valence-corrected chi connectivity index (χ0v) is 19.6. The molecule has 0 amide bonds. The third kappa shape index (κ3) is 4.74. The first-order valence-electron chi connectivity index (χ1n) is 10.9. The first-order chi connectivity index (χ1) is 16.8. The molecule has 0 saturated carbocycles. The van der Waals surface area contributed by atoms with Crippen LogP contribution in [0.2, 0.25) is 0 Å². The van der Waals surface area contributed by atoms with Gasteiger partial charge in [-0.1, -0.05) is 6.07 Å². The van der Waals surface area contributed by atoms with Gasteiger partial charge in [-0.25, -0.2) is 18.9 Å². The second-order valence-corrected chi connectivity index (χ2v) is 7.80. The van der Waals surface area contributed by atoms with Gasteiger partial charge in [0.25, 0.3) is 0 Å². The lowest BCUT2D eigenvalue weighted by atomic mass is 9.95. The Morgan fingerprint density at radius 2 is 1.83 bits per heavy atom. The smallest absolute Gasteiger partial charge is 0.341 e. The largest absolute Gasteiger partial charge is 0.462 e. The van der Waals surface area contributed by atoms with E-state index in [1.807, 2.05) is 25.1 Å². The number of hydrogen-bond donors (Lipinski definition) is 2. The maximum Gasteiger partial charge on any atom is 0.341 e. The molecule has 0 saturated heterocycles. The Kier molecular flexibility index (Phi) is 6.59. The van der Waals surface area contributed by atoms with Crippen molar-refractivity contribution in [2.75, 3.05) is 25.1 Å². The van der Waals surface area contributed by atoms with E-state index in [0.29, 0.717) is 28.2 Å². The second kappa shape index (κ2) is 9.76. The Labute approximate surface area is 202 Å². The SMILES string of the molecule is CCOC(=O)c1cnn(-c2cc(-c3ccc(N)c(/C(C)=N\C)c3)c(-c3ccc(F)cc3)nc2N)c1. The van der Waals surface area contributed by atoms with Crippen molar-refractivity contribution in [2.24, 2.45) is 4.99 Å². The summed E-state index contributed by atoms with van der Waals surface area (Å²) in [6.45, 7) is 3.87. The molecular weight excluding hydrogens is 447 g/mol. The lowest BCUT2D eigenvalue weighted by molar-refractivity contribution is 0.0526. The topological polar surface area (TPSA) is 121 Å². The van der Waals surface area contributed by atoms with Crippen LogP contribution >= 0.6 is 0 Å². The first-order valence-corrected chi connectivity index (χ1v) is 10.9. The van der Waals surface area contributed by atoms with E-state index in [1.54, 1.807) is 32.2 Å². The van der Waals surface area contributed by atoms with Gasteiger partial charge in [0.15, 0.2) is 0 Å².